The van der Waals surface area contributed by atoms with Crippen LogP contribution in [0.25, 0.3) is 22.3 Å². The van der Waals surface area contributed by atoms with E-state index < -0.39 is 11.6 Å². The van der Waals surface area contributed by atoms with Crippen LogP contribution in [0.3, 0.4) is 0 Å². The van der Waals surface area contributed by atoms with Crippen LogP contribution in [0.15, 0.2) is 60.7 Å². The van der Waals surface area contributed by atoms with Crippen LogP contribution in [0.5, 0.6) is 5.75 Å². The molecule has 0 aromatic heterocycles. The summed E-state index contributed by atoms with van der Waals surface area (Å²) in [4.78, 5) is 0. The van der Waals surface area contributed by atoms with E-state index >= 15 is 0 Å². The number of hydrogen-bond acceptors (Lipinski definition) is 1. The minimum Gasteiger partial charge on any atom is -0.490 e. The predicted octanol–water partition coefficient (Wildman–Crippen LogP) is 10.6. The summed E-state index contributed by atoms with van der Waals surface area (Å²) in [5, 5.41) is 0. The molecule has 4 rings (SSSR count). The third-order valence-electron chi connectivity index (χ3n) is 7.84. The highest BCUT2D eigenvalue weighted by atomic mass is 19.2. The molecule has 198 valence electrons. The summed E-state index contributed by atoms with van der Waals surface area (Å²) in [6, 6.07) is 19.5. The molecule has 3 aromatic rings. The molecule has 0 saturated heterocycles. The van der Waals surface area contributed by atoms with Gasteiger partial charge in [-0.3, -0.25) is 0 Å². The van der Waals surface area contributed by atoms with Gasteiger partial charge in [0.15, 0.2) is 11.6 Å². The summed E-state index contributed by atoms with van der Waals surface area (Å²) in [6.07, 6.45) is 16.1. The van der Waals surface area contributed by atoms with Gasteiger partial charge in [-0.25, -0.2) is 4.39 Å². The SMILES string of the molecule is CCCCCCCc1ccc(-c2ccc(-c3ccc(OCCCCC4CCCC4)c(F)c3F)cc2)cc1. The average Bonchev–Trinajstić information content (AvgIpc) is 3.45. The van der Waals surface area contributed by atoms with Crippen LogP contribution in [0.1, 0.15) is 89.5 Å². The maximum absolute atomic E-state index is 14.9. The molecule has 0 heterocycles. The van der Waals surface area contributed by atoms with Crippen molar-refractivity contribution in [1.29, 1.82) is 0 Å². The molecule has 1 aliphatic carbocycles. The van der Waals surface area contributed by atoms with Crippen LogP contribution in [-0.4, -0.2) is 6.61 Å². The minimum absolute atomic E-state index is 0.00388. The Morgan fingerprint density at radius 1 is 0.676 bits per heavy atom. The van der Waals surface area contributed by atoms with Gasteiger partial charge in [0.25, 0.3) is 0 Å². The Morgan fingerprint density at radius 3 is 2.03 bits per heavy atom. The van der Waals surface area contributed by atoms with E-state index in [0.717, 1.165) is 36.3 Å². The third kappa shape index (κ3) is 7.90. The first-order chi connectivity index (χ1) is 18.2. The topological polar surface area (TPSA) is 9.23 Å². The Bertz CT molecular complexity index is 1080. The van der Waals surface area contributed by atoms with E-state index in [4.69, 9.17) is 4.74 Å². The molecular formula is C34H42F2O. The predicted molar refractivity (Wildman–Crippen MR) is 151 cm³/mol. The number of halogens is 2. The maximum Gasteiger partial charge on any atom is 0.201 e. The fourth-order valence-electron chi connectivity index (χ4n) is 5.52. The van der Waals surface area contributed by atoms with E-state index in [1.54, 1.807) is 12.1 Å². The van der Waals surface area contributed by atoms with Crippen molar-refractivity contribution in [2.24, 2.45) is 5.92 Å². The van der Waals surface area contributed by atoms with Gasteiger partial charge in [0.2, 0.25) is 5.82 Å². The van der Waals surface area contributed by atoms with E-state index in [9.17, 15) is 8.78 Å². The van der Waals surface area contributed by atoms with E-state index in [1.807, 2.05) is 24.3 Å². The lowest BCUT2D eigenvalue weighted by molar-refractivity contribution is 0.281. The number of rotatable bonds is 14. The standard InChI is InChI=1S/C34H42F2O/c1-2-3-4-5-6-11-27-15-17-28(18-16-27)29-19-21-30(22-20-29)31-23-24-32(34(36)33(31)35)37-25-10-9-14-26-12-7-8-13-26/h15-24,26H,2-14,25H2,1H3. The van der Waals surface area contributed by atoms with Crippen molar-refractivity contribution in [1.82, 2.24) is 0 Å². The van der Waals surface area contributed by atoms with Crippen molar-refractivity contribution in [3.05, 3.63) is 77.9 Å². The number of unbranched alkanes of at least 4 members (excludes halogenated alkanes) is 5. The van der Waals surface area contributed by atoms with Crippen molar-refractivity contribution in [3.8, 4) is 28.0 Å². The van der Waals surface area contributed by atoms with E-state index in [0.29, 0.717) is 12.2 Å². The Labute approximate surface area is 222 Å². The number of aryl methyl sites for hydroxylation is 1. The van der Waals surface area contributed by atoms with Crippen molar-refractivity contribution >= 4 is 0 Å². The van der Waals surface area contributed by atoms with Gasteiger partial charge in [-0.15, -0.1) is 0 Å². The van der Waals surface area contributed by atoms with Crippen LogP contribution in [0, 0.1) is 17.6 Å². The second-order valence-electron chi connectivity index (χ2n) is 10.7. The maximum atomic E-state index is 14.9. The van der Waals surface area contributed by atoms with Gasteiger partial charge in [-0.2, -0.15) is 4.39 Å². The summed E-state index contributed by atoms with van der Waals surface area (Å²) in [5.41, 5.74) is 4.48. The zero-order valence-corrected chi connectivity index (χ0v) is 22.4. The highest BCUT2D eigenvalue weighted by Crippen LogP contribution is 2.32. The summed E-state index contributed by atoms with van der Waals surface area (Å²) >= 11 is 0. The van der Waals surface area contributed by atoms with Crippen LogP contribution in [0.4, 0.5) is 8.78 Å². The lowest BCUT2D eigenvalue weighted by atomic mass is 9.98. The lowest BCUT2D eigenvalue weighted by Gasteiger charge is -2.12. The molecule has 0 bridgehead atoms. The van der Waals surface area contributed by atoms with Crippen molar-refractivity contribution < 1.29 is 13.5 Å². The molecule has 1 fully saturated rings. The van der Waals surface area contributed by atoms with Crippen molar-refractivity contribution in [3.63, 3.8) is 0 Å². The van der Waals surface area contributed by atoms with E-state index in [1.165, 1.54) is 69.8 Å². The molecule has 37 heavy (non-hydrogen) atoms. The zero-order chi connectivity index (χ0) is 25.9. The van der Waals surface area contributed by atoms with Gasteiger partial charge < -0.3 is 4.74 Å². The summed E-state index contributed by atoms with van der Waals surface area (Å²) in [6.45, 7) is 2.67. The van der Waals surface area contributed by atoms with Crippen molar-refractivity contribution in [2.45, 2.75) is 90.4 Å². The average molecular weight is 505 g/mol. The van der Waals surface area contributed by atoms with Crippen molar-refractivity contribution in [2.75, 3.05) is 6.61 Å². The quantitative estimate of drug-likeness (QED) is 0.198. The molecule has 0 radical (unpaired) electrons. The Morgan fingerprint density at radius 2 is 1.32 bits per heavy atom. The molecule has 0 amide bonds. The Hall–Kier alpha value is -2.68. The largest absolute Gasteiger partial charge is 0.490 e. The fraction of sp³-hybridized carbons (Fsp3) is 0.471. The molecule has 1 nitrogen and oxygen atoms in total. The first kappa shape index (κ1) is 27.4. The van der Waals surface area contributed by atoms with Crippen LogP contribution in [-0.2, 0) is 6.42 Å². The fourth-order valence-corrected chi connectivity index (χ4v) is 5.52. The van der Waals surface area contributed by atoms with E-state index in [-0.39, 0.29) is 11.3 Å². The van der Waals surface area contributed by atoms with Gasteiger partial charge in [-0.05, 0) is 66.0 Å². The molecule has 0 spiro atoms. The van der Waals surface area contributed by atoms with Gasteiger partial charge in [0.05, 0.1) is 6.61 Å². The second-order valence-corrected chi connectivity index (χ2v) is 10.7. The van der Waals surface area contributed by atoms with Gasteiger partial charge in [-0.1, -0.05) is 113 Å². The third-order valence-corrected chi connectivity index (χ3v) is 7.84. The smallest absolute Gasteiger partial charge is 0.201 e. The molecule has 0 N–H and O–H groups in total. The highest BCUT2D eigenvalue weighted by Gasteiger charge is 2.17. The normalized spacial score (nSPS) is 13.8. The highest BCUT2D eigenvalue weighted by molar-refractivity contribution is 5.71. The lowest BCUT2D eigenvalue weighted by Crippen LogP contribution is -2.03. The molecule has 0 unspecified atom stereocenters. The number of hydrogen-bond donors (Lipinski definition) is 0. The van der Waals surface area contributed by atoms with E-state index in [2.05, 4.69) is 31.2 Å². The summed E-state index contributed by atoms with van der Waals surface area (Å²) in [7, 11) is 0. The first-order valence-corrected chi connectivity index (χ1v) is 14.5. The van der Waals surface area contributed by atoms with Gasteiger partial charge in [0, 0.05) is 5.56 Å². The number of benzene rings is 3. The molecule has 1 saturated carbocycles. The zero-order valence-electron chi connectivity index (χ0n) is 22.4. The molecule has 0 aliphatic heterocycles. The molecule has 3 heteroatoms. The first-order valence-electron chi connectivity index (χ1n) is 14.5. The van der Waals surface area contributed by atoms with Crippen LogP contribution < -0.4 is 4.74 Å². The van der Waals surface area contributed by atoms with Gasteiger partial charge in [0.1, 0.15) is 0 Å². The molecule has 1 aliphatic rings. The second kappa shape index (κ2) is 14.3. The Kier molecular flexibility index (Phi) is 10.6. The van der Waals surface area contributed by atoms with Crippen LogP contribution >= 0.6 is 0 Å². The number of ether oxygens (including phenoxy) is 1. The van der Waals surface area contributed by atoms with Gasteiger partial charge >= 0.3 is 0 Å². The molecule has 0 atom stereocenters. The molecular weight excluding hydrogens is 462 g/mol. The summed E-state index contributed by atoms with van der Waals surface area (Å²) < 4.78 is 35.2. The molecule has 3 aromatic carbocycles. The monoisotopic (exact) mass is 504 g/mol. The minimum atomic E-state index is -0.900. The van der Waals surface area contributed by atoms with Crippen LogP contribution in [0.2, 0.25) is 0 Å². The summed E-state index contributed by atoms with van der Waals surface area (Å²) in [5.74, 6) is -0.893. The Balaban J connectivity index is 1.30.